The molecule has 0 fully saturated rings. The van der Waals surface area contributed by atoms with E-state index in [9.17, 15) is 19.2 Å². The first-order valence-corrected chi connectivity index (χ1v) is 8.79. The number of aromatic nitrogens is 2. The molecular formula is C19H17N3O6. The maximum absolute atomic E-state index is 12.8. The number of hydrogen-bond donors (Lipinski definition) is 4. The van der Waals surface area contributed by atoms with Crippen LogP contribution in [0, 0.1) is 0 Å². The number of fused-ring (bicyclic) bond motifs is 1. The quantitative estimate of drug-likeness (QED) is 0.619. The molecule has 2 aliphatic rings. The van der Waals surface area contributed by atoms with Gasteiger partial charge in [-0.3, -0.25) is 19.6 Å². The highest BCUT2D eigenvalue weighted by molar-refractivity contribution is 6.01. The van der Waals surface area contributed by atoms with E-state index >= 15 is 0 Å². The number of aliphatic carboxylic acids is 1. The van der Waals surface area contributed by atoms with Crippen molar-refractivity contribution in [3.8, 4) is 5.75 Å². The van der Waals surface area contributed by atoms with Crippen molar-refractivity contribution in [2.75, 3.05) is 11.9 Å². The molecule has 0 spiro atoms. The third kappa shape index (κ3) is 3.00. The Kier molecular flexibility index (Phi) is 4.34. The van der Waals surface area contributed by atoms with E-state index in [1.165, 1.54) is 0 Å². The molecule has 1 aromatic heterocycles. The molecule has 9 heteroatoms. The molecule has 1 unspecified atom stereocenters. The van der Waals surface area contributed by atoms with E-state index < -0.39 is 29.7 Å². The lowest BCUT2D eigenvalue weighted by atomic mass is 9.76. The second kappa shape index (κ2) is 6.84. The highest BCUT2D eigenvalue weighted by Gasteiger charge is 2.38. The maximum Gasteiger partial charge on any atom is 0.341 e. The zero-order valence-corrected chi connectivity index (χ0v) is 14.7. The minimum absolute atomic E-state index is 0.0944. The minimum Gasteiger partial charge on any atom is -0.482 e. The van der Waals surface area contributed by atoms with Crippen LogP contribution in [0.3, 0.4) is 0 Å². The van der Waals surface area contributed by atoms with Crippen LogP contribution in [0.4, 0.5) is 5.82 Å². The van der Waals surface area contributed by atoms with Crippen LogP contribution in [0.1, 0.15) is 36.3 Å². The number of aromatic amines is 2. The second-order valence-electron chi connectivity index (χ2n) is 6.64. The standard InChI is InChI=1S/C19H17N3O6/c23-11-6-3-5-10-15(11)14(16-17(20-10)21-19(27)22-18(16)26)9-4-1-2-7-12(9)28-8-13(24)25/h1-2,4,7,14H,3,5-6,8H2,(H,24,25)(H3,20,21,22,26,27). The largest absolute Gasteiger partial charge is 0.482 e. The third-order valence-corrected chi connectivity index (χ3v) is 4.87. The Balaban J connectivity index is 1.95. The average Bonchev–Trinajstić information content (AvgIpc) is 2.65. The fourth-order valence-corrected chi connectivity index (χ4v) is 3.79. The van der Waals surface area contributed by atoms with E-state index in [4.69, 9.17) is 9.84 Å². The number of rotatable bonds is 4. The Hall–Kier alpha value is -3.62. The molecule has 144 valence electrons. The molecule has 1 aliphatic carbocycles. The molecule has 4 rings (SSSR count). The number of nitrogens with one attached hydrogen (secondary N) is 3. The van der Waals surface area contributed by atoms with Gasteiger partial charge < -0.3 is 15.2 Å². The maximum atomic E-state index is 12.8. The van der Waals surface area contributed by atoms with E-state index in [1.54, 1.807) is 24.3 Å². The van der Waals surface area contributed by atoms with Gasteiger partial charge in [0.1, 0.15) is 11.6 Å². The van der Waals surface area contributed by atoms with Crippen molar-refractivity contribution in [3.05, 3.63) is 67.5 Å². The molecule has 1 aromatic carbocycles. The molecule has 9 nitrogen and oxygen atoms in total. The number of para-hydroxylation sites is 1. The van der Waals surface area contributed by atoms with Crippen LogP contribution in [0.5, 0.6) is 5.75 Å². The zero-order valence-electron chi connectivity index (χ0n) is 14.7. The average molecular weight is 383 g/mol. The smallest absolute Gasteiger partial charge is 0.341 e. The van der Waals surface area contributed by atoms with Crippen molar-refractivity contribution >= 4 is 17.6 Å². The molecule has 0 saturated heterocycles. The van der Waals surface area contributed by atoms with E-state index in [0.717, 1.165) is 0 Å². The van der Waals surface area contributed by atoms with Gasteiger partial charge in [-0.25, -0.2) is 9.59 Å². The van der Waals surface area contributed by atoms with Crippen LogP contribution >= 0.6 is 0 Å². The molecule has 1 aliphatic heterocycles. The number of carbonyl (C=O) groups excluding carboxylic acids is 1. The molecule has 0 amide bonds. The summed E-state index contributed by atoms with van der Waals surface area (Å²) >= 11 is 0. The summed E-state index contributed by atoms with van der Waals surface area (Å²) in [5.74, 6) is -1.51. The van der Waals surface area contributed by atoms with Crippen molar-refractivity contribution < 1.29 is 19.4 Å². The molecule has 0 bridgehead atoms. The van der Waals surface area contributed by atoms with Crippen molar-refractivity contribution in [1.82, 2.24) is 9.97 Å². The number of ketones is 1. The van der Waals surface area contributed by atoms with Gasteiger partial charge in [0.15, 0.2) is 12.4 Å². The van der Waals surface area contributed by atoms with Gasteiger partial charge in [0.05, 0.1) is 11.5 Å². The molecule has 28 heavy (non-hydrogen) atoms. The molecule has 0 radical (unpaired) electrons. The lowest BCUT2D eigenvalue weighted by Gasteiger charge is -2.33. The van der Waals surface area contributed by atoms with Crippen molar-refractivity contribution in [3.63, 3.8) is 0 Å². The summed E-state index contributed by atoms with van der Waals surface area (Å²) in [6.07, 6.45) is 1.62. The van der Waals surface area contributed by atoms with Gasteiger partial charge in [0.2, 0.25) is 0 Å². The van der Waals surface area contributed by atoms with Gasteiger partial charge in [-0.15, -0.1) is 0 Å². The molecule has 2 aromatic rings. The molecular weight excluding hydrogens is 366 g/mol. The number of H-pyrrole nitrogens is 2. The predicted molar refractivity (Wildman–Crippen MR) is 98.6 cm³/mol. The van der Waals surface area contributed by atoms with Crippen molar-refractivity contribution in [2.45, 2.75) is 25.2 Å². The lowest BCUT2D eigenvalue weighted by molar-refractivity contribution is -0.139. The Morgan fingerprint density at radius 3 is 2.71 bits per heavy atom. The summed E-state index contributed by atoms with van der Waals surface area (Å²) in [5.41, 5.74) is 0.517. The first kappa shape index (κ1) is 17.8. The third-order valence-electron chi connectivity index (χ3n) is 4.87. The Bertz CT molecular complexity index is 1130. The van der Waals surface area contributed by atoms with Crippen LogP contribution in [-0.4, -0.2) is 33.4 Å². The summed E-state index contributed by atoms with van der Waals surface area (Å²) in [6.45, 7) is -0.559. The van der Waals surface area contributed by atoms with Gasteiger partial charge in [0.25, 0.3) is 5.56 Å². The Labute approximate surface area is 158 Å². The minimum atomic E-state index is -1.14. The number of carboxylic acid groups (broad SMARTS) is 1. The monoisotopic (exact) mass is 383 g/mol. The molecule has 2 heterocycles. The number of allylic oxidation sites excluding steroid dienone is 2. The van der Waals surface area contributed by atoms with Crippen LogP contribution in [0.25, 0.3) is 0 Å². The highest BCUT2D eigenvalue weighted by Crippen LogP contribution is 2.45. The summed E-state index contributed by atoms with van der Waals surface area (Å²) in [7, 11) is 0. The first-order chi connectivity index (χ1) is 13.5. The van der Waals surface area contributed by atoms with E-state index in [-0.39, 0.29) is 22.9 Å². The SMILES string of the molecule is O=C(O)COc1ccccc1C1C2=C(CCCC2=O)Nc2[nH]c(=O)[nH]c(=O)c21. The molecule has 1 atom stereocenters. The molecule has 4 N–H and O–H groups in total. The summed E-state index contributed by atoms with van der Waals surface area (Å²) < 4.78 is 5.41. The normalized spacial score (nSPS) is 18.1. The van der Waals surface area contributed by atoms with Gasteiger partial charge in [0, 0.05) is 23.3 Å². The molecule has 0 saturated carbocycles. The number of carbonyl (C=O) groups is 2. The number of ether oxygens (including phenoxy) is 1. The van der Waals surface area contributed by atoms with E-state index in [2.05, 4.69) is 15.3 Å². The predicted octanol–water partition coefficient (Wildman–Crippen LogP) is 1.09. The number of benzene rings is 1. The Morgan fingerprint density at radius 1 is 1.14 bits per heavy atom. The van der Waals surface area contributed by atoms with Crippen molar-refractivity contribution in [1.29, 1.82) is 0 Å². The van der Waals surface area contributed by atoms with Crippen LogP contribution in [0.15, 0.2) is 45.1 Å². The topological polar surface area (TPSA) is 141 Å². The van der Waals surface area contributed by atoms with Crippen LogP contribution in [0.2, 0.25) is 0 Å². The van der Waals surface area contributed by atoms with Gasteiger partial charge in [-0.2, -0.15) is 0 Å². The fourth-order valence-electron chi connectivity index (χ4n) is 3.79. The number of anilines is 1. The van der Waals surface area contributed by atoms with E-state index in [0.29, 0.717) is 36.1 Å². The number of Topliss-reactive ketones (excluding diaryl/α,β-unsaturated/α-hetero) is 1. The van der Waals surface area contributed by atoms with Crippen LogP contribution < -0.4 is 21.3 Å². The summed E-state index contributed by atoms with van der Waals surface area (Å²) in [6, 6.07) is 6.68. The van der Waals surface area contributed by atoms with Crippen LogP contribution in [-0.2, 0) is 9.59 Å². The lowest BCUT2D eigenvalue weighted by Crippen LogP contribution is -2.36. The second-order valence-corrected chi connectivity index (χ2v) is 6.64. The number of carboxylic acids is 1. The first-order valence-electron chi connectivity index (χ1n) is 8.79. The summed E-state index contributed by atoms with van der Waals surface area (Å²) in [4.78, 5) is 52.9. The Morgan fingerprint density at radius 2 is 1.93 bits per heavy atom. The van der Waals surface area contributed by atoms with Crippen molar-refractivity contribution in [2.24, 2.45) is 0 Å². The zero-order chi connectivity index (χ0) is 19.8. The van der Waals surface area contributed by atoms with E-state index in [1.807, 2.05) is 0 Å². The summed E-state index contributed by atoms with van der Waals surface area (Å²) in [5, 5.41) is 12.0. The van der Waals surface area contributed by atoms with Gasteiger partial charge in [-0.1, -0.05) is 18.2 Å². The highest BCUT2D eigenvalue weighted by atomic mass is 16.5. The van der Waals surface area contributed by atoms with Gasteiger partial charge in [-0.05, 0) is 18.9 Å². The fraction of sp³-hybridized carbons (Fsp3) is 0.263. The van der Waals surface area contributed by atoms with Gasteiger partial charge >= 0.3 is 11.7 Å². The number of hydrogen-bond acceptors (Lipinski definition) is 6.